The summed E-state index contributed by atoms with van der Waals surface area (Å²) >= 11 is 0. The number of rotatable bonds is 7. The molecule has 0 atom stereocenters. The van der Waals surface area contributed by atoms with E-state index in [1.54, 1.807) is 36.4 Å². The Morgan fingerprint density at radius 1 is 1.00 bits per heavy atom. The highest BCUT2D eigenvalue weighted by molar-refractivity contribution is 7.89. The molecule has 0 spiro atoms. The summed E-state index contributed by atoms with van der Waals surface area (Å²) in [6.45, 7) is 1.51. The summed E-state index contributed by atoms with van der Waals surface area (Å²) < 4.78 is 32.0. The Morgan fingerprint density at radius 3 is 2.45 bits per heavy atom. The molecule has 0 bridgehead atoms. The molecule has 1 fully saturated rings. The van der Waals surface area contributed by atoms with Crippen LogP contribution in [0.4, 0.5) is 5.69 Å². The first-order chi connectivity index (χ1) is 14.0. The van der Waals surface area contributed by atoms with Crippen molar-refractivity contribution in [2.45, 2.75) is 11.3 Å². The lowest BCUT2D eigenvalue weighted by Crippen LogP contribution is -2.40. The molecule has 1 heterocycles. The normalized spacial score (nSPS) is 14.9. The maximum absolute atomic E-state index is 12.7. The van der Waals surface area contributed by atoms with Gasteiger partial charge in [0.05, 0.1) is 18.1 Å². The lowest BCUT2D eigenvalue weighted by Gasteiger charge is -2.26. The van der Waals surface area contributed by atoms with Crippen LogP contribution in [0, 0.1) is 0 Å². The number of ether oxygens (including phenoxy) is 1. The van der Waals surface area contributed by atoms with Gasteiger partial charge in [0.2, 0.25) is 15.9 Å². The van der Waals surface area contributed by atoms with Gasteiger partial charge in [-0.05, 0) is 30.3 Å². The molecule has 0 radical (unpaired) electrons. The van der Waals surface area contributed by atoms with E-state index in [1.807, 2.05) is 6.07 Å². The van der Waals surface area contributed by atoms with E-state index >= 15 is 0 Å². The minimum Gasteiger partial charge on any atom is -0.379 e. The van der Waals surface area contributed by atoms with Crippen LogP contribution >= 0.6 is 0 Å². The molecule has 2 aromatic rings. The number of sulfonamides is 1. The maximum atomic E-state index is 12.7. The fourth-order valence-corrected chi connectivity index (χ4v) is 4.33. The van der Waals surface area contributed by atoms with Gasteiger partial charge in [0.15, 0.2) is 0 Å². The average Bonchev–Trinajstić information content (AvgIpc) is 2.75. The van der Waals surface area contributed by atoms with E-state index in [0.717, 1.165) is 0 Å². The first-order valence-electron chi connectivity index (χ1n) is 9.28. The molecule has 2 N–H and O–H groups in total. The quantitative estimate of drug-likeness (QED) is 0.710. The predicted octanol–water partition coefficient (Wildman–Crippen LogP) is 1.47. The zero-order valence-electron chi connectivity index (χ0n) is 15.8. The van der Waals surface area contributed by atoms with Crippen molar-refractivity contribution < 1.29 is 22.7 Å². The Kier molecular flexibility index (Phi) is 6.97. The smallest absolute Gasteiger partial charge is 0.251 e. The number of carbonyl (C=O) groups excluding carboxylic acids is 2. The van der Waals surface area contributed by atoms with Gasteiger partial charge in [0.25, 0.3) is 5.91 Å². The van der Waals surface area contributed by atoms with Crippen LogP contribution in [0.1, 0.15) is 16.8 Å². The molecule has 0 unspecified atom stereocenters. The summed E-state index contributed by atoms with van der Waals surface area (Å²) in [6.07, 6.45) is 0.0685. The third kappa shape index (κ3) is 5.63. The minimum absolute atomic E-state index is 0.0685. The molecule has 1 aliphatic heterocycles. The lowest BCUT2D eigenvalue weighted by atomic mass is 10.2. The number of benzene rings is 2. The third-order valence-corrected chi connectivity index (χ3v) is 6.29. The first-order valence-corrected chi connectivity index (χ1v) is 10.7. The zero-order chi connectivity index (χ0) is 20.7. The highest BCUT2D eigenvalue weighted by atomic mass is 32.2. The van der Waals surface area contributed by atoms with Crippen LogP contribution in [0.5, 0.6) is 0 Å². The number of anilines is 1. The van der Waals surface area contributed by atoms with E-state index in [4.69, 9.17) is 4.74 Å². The van der Waals surface area contributed by atoms with Gasteiger partial charge in [-0.3, -0.25) is 9.59 Å². The van der Waals surface area contributed by atoms with Gasteiger partial charge in [-0.1, -0.05) is 24.3 Å². The predicted molar refractivity (Wildman–Crippen MR) is 108 cm³/mol. The standard InChI is InChI=1S/C20H23N3O5S/c24-19(9-10-21-20(25)16-5-2-1-3-6-16)22-17-7-4-8-18(15-17)29(26,27)23-11-13-28-14-12-23/h1-8,15H,9-14H2,(H,21,25)(H,22,24). The van der Waals surface area contributed by atoms with Gasteiger partial charge in [-0.15, -0.1) is 0 Å². The molecule has 29 heavy (non-hydrogen) atoms. The van der Waals surface area contributed by atoms with E-state index in [0.29, 0.717) is 37.6 Å². The summed E-state index contributed by atoms with van der Waals surface area (Å²) in [5.74, 6) is -0.573. The molecule has 8 nitrogen and oxygen atoms in total. The number of nitrogens with one attached hydrogen (secondary N) is 2. The summed E-state index contributed by atoms with van der Waals surface area (Å²) in [4.78, 5) is 24.2. The molecule has 2 amide bonds. The van der Waals surface area contributed by atoms with Crippen molar-refractivity contribution in [2.75, 3.05) is 38.2 Å². The average molecular weight is 417 g/mol. The molecule has 3 rings (SSSR count). The van der Waals surface area contributed by atoms with Crippen molar-refractivity contribution in [1.82, 2.24) is 9.62 Å². The van der Waals surface area contributed by atoms with Crippen molar-refractivity contribution >= 4 is 27.5 Å². The van der Waals surface area contributed by atoms with Gasteiger partial charge in [-0.2, -0.15) is 4.31 Å². The minimum atomic E-state index is -3.63. The molecule has 0 aliphatic carbocycles. The Labute approximate surface area is 169 Å². The molecule has 1 saturated heterocycles. The fourth-order valence-electron chi connectivity index (χ4n) is 2.87. The zero-order valence-corrected chi connectivity index (χ0v) is 16.7. The fraction of sp³-hybridized carbons (Fsp3) is 0.300. The number of hydrogen-bond acceptors (Lipinski definition) is 5. The Morgan fingerprint density at radius 2 is 1.72 bits per heavy atom. The largest absolute Gasteiger partial charge is 0.379 e. The van der Waals surface area contributed by atoms with Crippen molar-refractivity contribution in [2.24, 2.45) is 0 Å². The monoisotopic (exact) mass is 417 g/mol. The molecule has 0 saturated carbocycles. The van der Waals surface area contributed by atoms with Crippen molar-refractivity contribution in [3.8, 4) is 0 Å². The van der Waals surface area contributed by atoms with Gasteiger partial charge < -0.3 is 15.4 Å². The molecule has 154 valence electrons. The van der Waals surface area contributed by atoms with E-state index in [9.17, 15) is 18.0 Å². The second-order valence-corrected chi connectivity index (χ2v) is 8.40. The van der Waals surface area contributed by atoms with Crippen LogP contribution in [0.15, 0.2) is 59.5 Å². The van der Waals surface area contributed by atoms with Crippen molar-refractivity contribution in [1.29, 1.82) is 0 Å². The van der Waals surface area contributed by atoms with Crippen molar-refractivity contribution in [3.63, 3.8) is 0 Å². The van der Waals surface area contributed by atoms with Gasteiger partial charge in [0, 0.05) is 37.3 Å². The topological polar surface area (TPSA) is 105 Å². The van der Waals surface area contributed by atoms with Gasteiger partial charge in [0.1, 0.15) is 0 Å². The summed E-state index contributed by atoms with van der Waals surface area (Å²) in [6, 6.07) is 14.9. The molecule has 0 aromatic heterocycles. The lowest BCUT2D eigenvalue weighted by molar-refractivity contribution is -0.116. The Bertz CT molecular complexity index is 957. The molecule has 9 heteroatoms. The van der Waals surface area contributed by atoms with Crippen LogP contribution in [0.2, 0.25) is 0 Å². The summed E-state index contributed by atoms with van der Waals surface area (Å²) in [7, 11) is -3.63. The second kappa shape index (κ2) is 9.64. The highest BCUT2D eigenvalue weighted by Crippen LogP contribution is 2.20. The van der Waals surface area contributed by atoms with E-state index < -0.39 is 10.0 Å². The van der Waals surface area contributed by atoms with E-state index in [1.165, 1.54) is 16.4 Å². The first kappa shape index (κ1) is 21.0. The second-order valence-electron chi connectivity index (χ2n) is 6.46. The number of hydrogen-bond donors (Lipinski definition) is 2. The van der Waals surface area contributed by atoms with Crippen LogP contribution in [-0.4, -0.2) is 57.4 Å². The van der Waals surface area contributed by atoms with E-state index in [-0.39, 0.29) is 29.7 Å². The molecular formula is C20H23N3O5S. The van der Waals surface area contributed by atoms with Crippen LogP contribution in [0.3, 0.4) is 0 Å². The molecule has 1 aliphatic rings. The van der Waals surface area contributed by atoms with Gasteiger partial charge in [-0.25, -0.2) is 8.42 Å². The van der Waals surface area contributed by atoms with Gasteiger partial charge >= 0.3 is 0 Å². The third-order valence-electron chi connectivity index (χ3n) is 4.40. The number of amides is 2. The number of nitrogens with zero attached hydrogens (tertiary/aromatic N) is 1. The Hall–Kier alpha value is -2.75. The Balaban J connectivity index is 1.54. The summed E-state index contributed by atoms with van der Waals surface area (Å²) in [5, 5.41) is 5.35. The van der Waals surface area contributed by atoms with Crippen LogP contribution in [0.25, 0.3) is 0 Å². The van der Waals surface area contributed by atoms with E-state index in [2.05, 4.69) is 10.6 Å². The molecular weight excluding hydrogens is 394 g/mol. The SMILES string of the molecule is O=C(CCNC(=O)c1ccccc1)Nc1cccc(S(=O)(=O)N2CCOCC2)c1. The van der Waals surface area contributed by atoms with Crippen LogP contribution < -0.4 is 10.6 Å². The maximum Gasteiger partial charge on any atom is 0.251 e. The highest BCUT2D eigenvalue weighted by Gasteiger charge is 2.26. The number of carbonyl (C=O) groups is 2. The van der Waals surface area contributed by atoms with Crippen molar-refractivity contribution in [3.05, 3.63) is 60.2 Å². The summed E-state index contributed by atoms with van der Waals surface area (Å²) in [5.41, 5.74) is 0.910. The number of morpholine rings is 1. The molecule has 2 aromatic carbocycles. The van der Waals surface area contributed by atoms with Crippen LogP contribution in [-0.2, 0) is 19.6 Å².